The molecule has 1 saturated heterocycles. The number of methoxy groups -OCH3 is 1. The van der Waals surface area contributed by atoms with Gasteiger partial charge in [0.1, 0.15) is 5.75 Å². The number of hydrogen-bond donors (Lipinski definition) is 1. The summed E-state index contributed by atoms with van der Waals surface area (Å²) in [5.41, 5.74) is 3.00. The first-order valence-corrected chi connectivity index (χ1v) is 12.0. The molecule has 0 radical (unpaired) electrons. The van der Waals surface area contributed by atoms with E-state index in [0.717, 1.165) is 30.0 Å². The molecule has 0 spiro atoms. The third-order valence-electron chi connectivity index (χ3n) is 5.60. The number of halogens is 1. The number of benzene rings is 2. The molecule has 2 aromatic carbocycles. The number of nitrogens with one attached hydrogen (secondary N) is 1. The van der Waals surface area contributed by atoms with Crippen molar-refractivity contribution in [3.63, 3.8) is 0 Å². The largest absolute Gasteiger partial charge is 0.495 e. The maximum atomic E-state index is 12.8. The minimum atomic E-state index is -3.30. The Bertz CT molecular complexity index is 1090. The molecule has 0 aromatic heterocycles. The van der Waals surface area contributed by atoms with Crippen LogP contribution in [0.5, 0.6) is 5.75 Å². The molecule has 0 saturated carbocycles. The molecule has 160 valence electrons. The second kappa shape index (κ2) is 8.00. The topological polar surface area (TPSA) is 79.0 Å². The number of rotatable bonds is 5. The van der Waals surface area contributed by atoms with E-state index >= 15 is 0 Å². The van der Waals surface area contributed by atoms with Gasteiger partial charge in [0.2, 0.25) is 10.0 Å². The van der Waals surface area contributed by atoms with Crippen LogP contribution in [0.3, 0.4) is 0 Å². The number of sulfonamides is 1. The molecule has 2 heterocycles. The van der Waals surface area contributed by atoms with Crippen LogP contribution < -0.4 is 19.3 Å². The Morgan fingerprint density at radius 1 is 1.17 bits per heavy atom. The molecule has 4 rings (SSSR count). The van der Waals surface area contributed by atoms with Crippen LogP contribution in [0.2, 0.25) is 5.02 Å². The maximum Gasteiger partial charge on any atom is 0.251 e. The number of carbonyl (C=O) groups is 1. The molecule has 7 nitrogen and oxygen atoms in total. The average molecular weight is 450 g/mol. The summed E-state index contributed by atoms with van der Waals surface area (Å²) >= 11 is 6.14. The Labute approximate surface area is 181 Å². The van der Waals surface area contributed by atoms with Crippen LogP contribution in [0.25, 0.3) is 0 Å². The fourth-order valence-corrected chi connectivity index (χ4v) is 5.26. The van der Waals surface area contributed by atoms with Crippen LogP contribution in [0.15, 0.2) is 36.4 Å². The van der Waals surface area contributed by atoms with Gasteiger partial charge in [0.05, 0.1) is 24.7 Å². The third-order valence-corrected chi connectivity index (χ3v) is 7.02. The van der Waals surface area contributed by atoms with E-state index < -0.39 is 10.0 Å². The van der Waals surface area contributed by atoms with Gasteiger partial charge >= 0.3 is 0 Å². The first kappa shape index (κ1) is 20.8. The minimum absolute atomic E-state index is 0.00182. The summed E-state index contributed by atoms with van der Waals surface area (Å²) in [7, 11) is -1.68. The Morgan fingerprint density at radius 2 is 1.97 bits per heavy atom. The zero-order valence-electron chi connectivity index (χ0n) is 16.9. The normalized spacial score (nSPS) is 18.4. The highest BCUT2D eigenvalue weighted by molar-refractivity contribution is 7.92. The van der Waals surface area contributed by atoms with Crippen molar-refractivity contribution in [2.45, 2.75) is 18.9 Å². The van der Waals surface area contributed by atoms with Crippen LogP contribution in [0.1, 0.15) is 22.3 Å². The van der Waals surface area contributed by atoms with E-state index in [2.05, 4.69) is 10.2 Å². The zero-order valence-corrected chi connectivity index (χ0v) is 18.5. The lowest BCUT2D eigenvalue weighted by molar-refractivity contribution is 0.0940. The molecule has 1 unspecified atom stereocenters. The van der Waals surface area contributed by atoms with Crippen molar-refractivity contribution >= 4 is 38.9 Å². The summed E-state index contributed by atoms with van der Waals surface area (Å²) in [6.07, 6.45) is 2.62. The molecule has 30 heavy (non-hydrogen) atoms. The lowest BCUT2D eigenvalue weighted by Gasteiger charge is -2.22. The molecular weight excluding hydrogens is 426 g/mol. The van der Waals surface area contributed by atoms with Gasteiger partial charge in [-0.25, -0.2) is 8.42 Å². The molecule has 1 fully saturated rings. The zero-order chi connectivity index (χ0) is 21.5. The van der Waals surface area contributed by atoms with Crippen molar-refractivity contribution in [2.75, 3.05) is 42.2 Å². The summed E-state index contributed by atoms with van der Waals surface area (Å²) in [6, 6.07) is 10.7. The van der Waals surface area contributed by atoms with Crippen LogP contribution in [0, 0.1) is 0 Å². The van der Waals surface area contributed by atoms with Crippen molar-refractivity contribution in [3.05, 3.63) is 52.5 Å². The Hall–Kier alpha value is -2.45. The van der Waals surface area contributed by atoms with Gasteiger partial charge in [0.15, 0.2) is 0 Å². The molecule has 1 atom stereocenters. The lowest BCUT2D eigenvalue weighted by Crippen LogP contribution is -2.37. The SMILES string of the molecule is COc1ccc(Cl)cc1N1CCC(NC(=O)c2ccc3c(c2)CCN3S(C)(=O)=O)C1. The summed E-state index contributed by atoms with van der Waals surface area (Å²) in [5, 5.41) is 3.73. The summed E-state index contributed by atoms with van der Waals surface area (Å²) in [6.45, 7) is 1.86. The monoisotopic (exact) mass is 449 g/mol. The van der Waals surface area contributed by atoms with Gasteiger partial charge in [0.25, 0.3) is 5.91 Å². The van der Waals surface area contributed by atoms with Crippen molar-refractivity contribution in [2.24, 2.45) is 0 Å². The number of nitrogens with zero attached hydrogens (tertiary/aromatic N) is 2. The third kappa shape index (κ3) is 4.06. The highest BCUT2D eigenvalue weighted by Gasteiger charge is 2.29. The molecule has 1 amide bonds. The van der Waals surface area contributed by atoms with Gasteiger partial charge in [-0.15, -0.1) is 0 Å². The molecule has 2 aliphatic rings. The van der Waals surface area contributed by atoms with Crippen molar-refractivity contribution < 1.29 is 17.9 Å². The molecule has 2 aliphatic heterocycles. The molecule has 1 N–H and O–H groups in total. The fraction of sp³-hybridized carbons (Fsp3) is 0.381. The van der Waals surface area contributed by atoms with E-state index in [4.69, 9.17) is 16.3 Å². The molecule has 0 aliphatic carbocycles. The molecular formula is C21H24ClN3O4S. The predicted octanol–water partition coefficient (Wildman–Crippen LogP) is 2.68. The van der Waals surface area contributed by atoms with E-state index in [9.17, 15) is 13.2 Å². The Morgan fingerprint density at radius 3 is 2.70 bits per heavy atom. The number of carbonyl (C=O) groups excluding carboxylic acids is 1. The second-order valence-electron chi connectivity index (χ2n) is 7.65. The number of anilines is 2. The first-order chi connectivity index (χ1) is 14.3. The first-order valence-electron chi connectivity index (χ1n) is 9.76. The number of hydrogen-bond acceptors (Lipinski definition) is 5. The van der Waals surface area contributed by atoms with Crippen LogP contribution in [-0.2, 0) is 16.4 Å². The number of ether oxygens (including phenoxy) is 1. The van der Waals surface area contributed by atoms with Gasteiger partial charge in [0, 0.05) is 36.3 Å². The van der Waals surface area contributed by atoms with Crippen molar-refractivity contribution in [1.29, 1.82) is 0 Å². The van der Waals surface area contributed by atoms with Gasteiger partial charge in [-0.1, -0.05) is 11.6 Å². The van der Waals surface area contributed by atoms with Crippen LogP contribution >= 0.6 is 11.6 Å². The highest BCUT2D eigenvalue weighted by atomic mass is 35.5. The van der Waals surface area contributed by atoms with E-state index in [1.165, 1.54) is 10.6 Å². The fourth-order valence-electron chi connectivity index (χ4n) is 4.13. The lowest BCUT2D eigenvalue weighted by atomic mass is 10.1. The molecule has 0 bridgehead atoms. The summed E-state index contributed by atoms with van der Waals surface area (Å²) in [4.78, 5) is 14.9. The quantitative estimate of drug-likeness (QED) is 0.759. The Balaban J connectivity index is 1.44. The van der Waals surface area contributed by atoms with Gasteiger partial charge in [-0.3, -0.25) is 9.10 Å². The average Bonchev–Trinajstić information content (AvgIpc) is 3.34. The summed E-state index contributed by atoms with van der Waals surface area (Å²) in [5.74, 6) is 0.598. The molecule has 2 aromatic rings. The number of fused-ring (bicyclic) bond motifs is 1. The van der Waals surface area contributed by atoms with Crippen molar-refractivity contribution in [3.8, 4) is 5.75 Å². The number of amides is 1. The van der Waals surface area contributed by atoms with E-state index in [-0.39, 0.29) is 11.9 Å². The highest BCUT2D eigenvalue weighted by Crippen LogP contribution is 2.34. The van der Waals surface area contributed by atoms with E-state index in [0.29, 0.717) is 35.8 Å². The van der Waals surface area contributed by atoms with Gasteiger partial charge < -0.3 is 15.0 Å². The summed E-state index contributed by atoms with van der Waals surface area (Å²) < 4.78 is 30.6. The van der Waals surface area contributed by atoms with Crippen molar-refractivity contribution in [1.82, 2.24) is 5.32 Å². The Kier molecular flexibility index (Phi) is 5.55. The molecule has 9 heteroatoms. The van der Waals surface area contributed by atoms with Crippen LogP contribution in [-0.4, -0.2) is 53.4 Å². The smallest absolute Gasteiger partial charge is 0.251 e. The van der Waals surface area contributed by atoms with Crippen LogP contribution in [0.4, 0.5) is 11.4 Å². The van der Waals surface area contributed by atoms with Gasteiger partial charge in [-0.2, -0.15) is 0 Å². The van der Waals surface area contributed by atoms with E-state index in [1.807, 2.05) is 12.1 Å². The maximum absolute atomic E-state index is 12.8. The second-order valence-corrected chi connectivity index (χ2v) is 9.99. The standard InChI is InChI=1S/C21H24ClN3O4S/c1-29-20-6-4-16(22)12-19(20)24-9-8-17(13-24)23-21(26)15-3-5-18-14(11-15)7-10-25(18)30(2,27)28/h3-6,11-12,17H,7-10,13H2,1-2H3,(H,23,26). The predicted molar refractivity (Wildman–Crippen MR) is 118 cm³/mol. The minimum Gasteiger partial charge on any atom is -0.495 e. The van der Waals surface area contributed by atoms with Gasteiger partial charge in [-0.05, 0) is 54.8 Å². The van der Waals surface area contributed by atoms with E-state index in [1.54, 1.807) is 31.4 Å².